The van der Waals surface area contributed by atoms with Crippen molar-refractivity contribution < 1.29 is 28.9 Å². The molecule has 2 aromatic rings. The fraction of sp³-hybridized carbons (Fsp3) is 0.481. The van der Waals surface area contributed by atoms with E-state index >= 15 is 0 Å². The monoisotopic (exact) mass is 488 g/mol. The van der Waals surface area contributed by atoms with Crippen LogP contribution in [0.15, 0.2) is 42.5 Å². The van der Waals surface area contributed by atoms with E-state index in [9.17, 15) is 14.7 Å². The van der Waals surface area contributed by atoms with Crippen LogP contribution in [-0.4, -0.2) is 43.8 Å². The Morgan fingerprint density at radius 2 is 1.76 bits per heavy atom. The van der Waals surface area contributed by atoms with Crippen molar-refractivity contribution in [2.45, 2.75) is 45.4 Å². The van der Waals surface area contributed by atoms with Crippen LogP contribution in [0, 0.1) is 11.3 Å². The molecule has 0 bridgehead atoms. The van der Waals surface area contributed by atoms with Gasteiger partial charge in [-0.05, 0) is 67.5 Å². The number of hydrogen-bond donors (Lipinski definition) is 1. The van der Waals surface area contributed by atoms with Gasteiger partial charge in [0, 0.05) is 30.5 Å². The third kappa shape index (κ3) is 6.97. The van der Waals surface area contributed by atoms with Gasteiger partial charge in [0.15, 0.2) is 17.3 Å². The fourth-order valence-corrected chi connectivity index (χ4v) is 4.52. The van der Waals surface area contributed by atoms with E-state index in [0.717, 1.165) is 18.4 Å². The Kier molecular flexibility index (Phi) is 9.36. The quantitative estimate of drug-likeness (QED) is 0.298. The summed E-state index contributed by atoms with van der Waals surface area (Å²) in [6, 6.07) is 12.6. The second kappa shape index (κ2) is 12.2. The molecule has 0 aromatic heterocycles. The second-order valence-electron chi connectivity index (χ2n) is 9.10. The van der Waals surface area contributed by atoms with Crippen LogP contribution in [0.4, 0.5) is 0 Å². The third-order valence-electron chi connectivity index (χ3n) is 6.53. The normalized spacial score (nSPS) is 20.0. The summed E-state index contributed by atoms with van der Waals surface area (Å²) < 4.78 is 16.8. The van der Waals surface area contributed by atoms with Gasteiger partial charge in [-0.3, -0.25) is 9.59 Å². The molecule has 0 radical (unpaired) electrons. The first-order valence-corrected chi connectivity index (χ1v) is 12.1. The van der Waals surface area contributed by atoms with Gasteiger partial charge in [0.25, 0.3) is 0 Å². The molecule has 2 aromatic carbocycles. The minimum Gasteiger partial charge on any atom is -0.489 e. The molecule has 1 aliphatic carbocycles. The van der Waals surface area contributed by atoms with E-state index in [-0.39, 0.29) is 12.2 Å². The maximum absolute atomic E-state index is 13.2. The summed E-state index contributed by atoms with van der Waals surface area (Å²) >= 11 is 6.06. The smallest absolute Gasteiger partial charge is 0.310 e. The molecule has 0 aliphatic heterocycles. The molecule has 0 unspecified atom stereocenters. The highest BCUT2D eigenvalue weighted by molar-refractivity contribution is 6.30. The Morgan fingerprint density at radius 1 is 1.03 bits per heavy atom. The lowest BCUT2D eigenvalue weighted by Gasteiger charge is -2.35. The average Bonchev–Trinajstić information content (AvgIpc) is 2.81. The molecule has 0 saturated heterocycles. The molecule has 7 heteroatoms. The number of carboxylic acids is 1. The summed E-state index contributed by atoms with van der Waals surface area (Å²) in [5, 5.41) is 10.6. The van der Waals surface area contributed by atoms with Crippen LogP contribution >= 0.6 is 11.6 Å². The molecular formula is C27H33ClO6. The van der Waals surface area contributed by atoms with Gasteiger partial charge < -0.3 is 19.3 Å². The summed E-state index contributed by atoms with van der Waals surface area (Å²) in [6.45, 7) is 3.26. The Labute approximate surface area is 206 Å². The molecular weight excluding hydrogens is 456 g/mol. The van der Waals surface area contributed by atoms with Crippen molar-refractivity contribution in [2.75, 3.05) is 26.9 Å². The number of aliphatic carboxylic acids is 1. The van der Waals surface area contributed by atoms with E-state index < -0.39 is 11.4 Å². The van der Waals surface area contributed by atoms with Crippen molar-refractivity contribution >= 4 is 23.4 Å². The molecule has 1 N–H and O–H groups in total. The zero-order valence-electron chi connectivity index (χ0n) is 19.8. The van der Waals surface area contributed by atoms with E-state index in [1.165, 1.54) is 0 Å². The molecule has 6 nitrogen and oxygen atoms in total. The van der Waals surface area contributed by atoms with Gasteiger partial charge in [-0.1, -0.05) is 30.7 Å². The number of carbonyl (C=O) groups is 2. The third-order valence-corrected chi connectivity index (χ3v) is 6.77. The van der Waals surface area contributed by atoms with Crippen LogP contribution in [0.25, 0.3) is 0 Å². The van der Waals surface area contributed by atoms with Gasteiger partial charge in [-0.15, -0.1) is 0 Å². The van der Waals surface area contributed by atoms with Crippen LogP contribution in [-0.2, 0) is 16.0 Å². The minimum atomic E-state index is -0.995. The SMILES string of the molecule is COCCOc1ccc(C(=O)CC2(C(=O)O)CCC(C)CC2)cc1OCCc1cccc(Cl)c1. The molecule has 1 aliphatic rings. The first-order chi connectivity index (χ1) is 16.3. The van der Waals surface area contributed by atoms with Crippen molar-refractivity contribution in [1.29, 1.82) is 0 Å². The number of rotatable bonds is 12. The molecule has 184 valence electrons. The molecule has 3 rings (SSSR count). The first kappa shape index (κ1) is 26.0. The summed E-state index contributed by atoms with van der Waals surface area (Å²) in [7, 11) is 1.60. The highest BCUT2D eigenvalue weighted by Crippen LogP contribution is 2.43. The predicted octanol–water partition coefficient (Wildman–Crippen LogP) is 5.84. The maximum Gasteiger partial charge on any atom is 0.310 e. The number of hydrogen-bond acceptors (Lipinski definition) is 5. The molecule has 1 saturated carbocycles. The van der Waals surface area contributed by atoms with Crippen molar-refractivity contribution in [1.82, 2.24) is 0 Å². The Hall–Kier alpha value is -2.57. The van der Waals surface area contributed by atoms with E-state index in [1.54, 1.807) is 25.3 Å². The molecule has 1 fully saturated rings. The van der Waals surface area contributed by atoms with E-state index in [2.05, 4.69) is 6.92 Å². The van der Waals surface area contributed by atoms with E-state index in [0.29, 0.717) is 67.1 Å². The molecule has 34 heavy (non-hydrogen) atoms. The Balaban J connectivity index is 1.74. The first-order valence-electron chi connectivity index (χ1n) is 11.7. The summed E-state index contributed by atoms with van der Waals surface area (Å²) in [5.74, 6) is 0.376. The van der Waals surface area contributed by atoms with Gasteiger partial charge in [0.1, 0.15) is 6.61 Å². The largest absolute Gasteiger partial charge is 0.489 e. The summed E-state index contributed by atoms with van der Waals surface area (Å²) in [4.78, 5) is 25.3. The highest BCUT2D eigenvalue weighted by atomic mass is 35.5. The number of methoxy groups -OCH3 is 1. The number of Topliss-reactive ketones (excluding diaryl/α,β-unsaturated/α-hetero) is 1. The van der Waals surface area contributed by atoms with Gasteiger partial charge in [-0.25, -0.2) is 0 Å². The average molecular weight is 489 g/mol. The Morgan fingerprint density at radius 3 is 2.44 bits per heavy atom. The van der Waals surface area contributed by atoms with Gasteiger partial charge in [-0.2, -0.15) is 0 Å². The molecule has 0 heterocycles. The van der Waals surface area contributed by atoms with E-state index in [1.807, 2.05) is 24.3 Å². The summed E-state index contributed by atoms with van der Waals surface area (Å²) in [5.41, 5.74) is 0.470. The van der Waals surface area contributed by atoms with E-state index in [4.69, 9.17) is 25.8 Å². The van der Waals surface area contributed by atoms with Crippen LogP contribution in [0.5, 0.6) is 11.5 Å². The predicted molar refractivity (Wildman–Crippen MR) is 131 cm³/mol. The van der Waals surface area contributed by atoms with Crippen LogP contribution < -0.4 is 9.47 Å². The van der Waals surface area contributed by atoms with Gasteiger partial charge in [0.2, 0.25) is 0 Å². The van der Waals surface area contributed by atoms with Crippen LogP contribution in [0.3, 0.4) is 0 Å². The number of ether oxygens (including phenoxy) is 3. The molecule has 0 amide bonds. The van der Waals surface area contributed by atoms with Crippen LogP contribution in [0.1, 0.15) is 54.9 Å². The highest BCUT2D eigenvalue weighted by Gasteiger charge is 2.43. The number of halogens is 1. The van der Waals surface area contributed by atoms with Gasteiger partial charge in [0.05, 0.1) is 18.6 Å². The number of ketones is 1. The minimum absolute atomic E-state index is 0.0130. The Bertz CT molecular complexity index is 981. The van der Waals surface area contributed by atoms with Crippen molar-refractivity contribution in [3.63, 3.8) is 0 Å². The van der Waals surface area contributed by atoms with Crippen molar-refractivity contribution in [2.24, 2.45) is 11.3 Å². The van der Waals surface area contributed by atoms with Crippen molar-refractivity contribution in [3.8, 4) is 11.5 Å². The van der Waals surface area contributed by atoms with Crippen LogP contribution in [0.2, 0.25) is 5.02 Å². The molecule has 0 spiro atoms. The zero-order valence-corrected chi connectivity index (χ0v) is 20.6. The molecule has 0 atom stereocenters. The number of carboxylic acid groups (broad SMARTS) is 1. The lowest BCUT2D eigenvalue weighted by molar-refractivity contribution is -0.151. The maximum atomic E-state index is 13.2. The summed E-state index contributed by atoms with van der Waals surface area (Å²) in [6.07, 6.45) is 3.32. The fourth-order valence-electron chi connectivity index (χ4n) is 4.31. The van der Waals surface area contributed by atoms with Gasteiger partial charge >= 0.3 is 5.97 Å². The van der Waals surface area contributed by atoms with Crippen molar-refractivity contribution in [3.05, 3.63) is 58.6 Å². The second-order valence-corrected chi connectivity index (χ2v) is 9.54. The lowest BCUT2D eigenvalue weighted by atomic mass is 9.68. The topological polar surface area (TPSA) is 82.1 Å². The lowest BCUT2D eigenvalue weighted by Crippen LogP contribution is -2.37. The number of benzene rings is 2. The number of carbonyl (C=O) groups excluding carboxylic acids is 1. The standard InChI is InChI=1S/C27H33ClO6/c1-19-8-11-27(12-9-19,26(30)31)18-23(29)21-6-7-24(34-15-14-32-2)25(17-21)33-13-10-20-4-3-5-22(28)16-20/h3-7,16-17,19H,8-15,18H2,1-2H3,(H,30,31). The zero-order chi connectivity index (χ0) is 24.6.